The Morgan fingerprint density at radius 3 is 2.32 bits per heavy atom. The molecule has 1 aliphatic heterocycles. The van der Waals surface area contributed by atoms with Gasteiger partial charge in [-0.1, -0.05) is 12.1 Å². The molecular formula is C19H22N2O6S. The second-order valence-corrected chi connectivity index (χ2v) is 6.26. The minimum Gasteiger partial charge on any atom is -0.463 e. The number of nitro benzene ring substituents is 1. The maximum atomic E-state index is 12.7. The number of allylic oxidation sites excluding steroid dienone is 1. The lowest BCUT2D eigenvalue weighted by atomic mass is 9.80. The molecule has 0 aliphatic carbocycles. The summed E-state index contributed by atoms with van der Waals surface area (Å²) >= 11 is 4.28. The molecule has 1 aromatic carbocycles. The zero-order chi connectivity index (χ0) is 20.8. The number of carbonyl (C=O) groups is 2. The number of non-ortho nitro benzene ring substituents is 1. The van der Waals surface area contributed by atoms with Gasteiger partial charge in [-0.3, -0.25) is 10.1 Å². The lowest BCUT2D eigenvalue weighted by Gasteiger charge is -2.31. The number of benzene rings is 1. The van der Waals surface area contributed by atoms with Crippen molar-refractivity contribution in [3.8, 4) is 0 Å². The highest BCUT2D eigenvalue weighted by atomic mass is 32.1. The average Bonchev–Trinajstić information content (AvgIpc) is 2.67. The van der Waals surface area contributed by atoms with E-state index in [0.717, 1.165) is 0 Å². The highest BCUT2D eigenvalue weighted by Gasteiger charge is 2.39. The van der Waals surface area contributed by atoms with Gasteiger partial charge in [-0.15, -0.1) is 0 Å². The minimum atomic E-state index is -0.874. The Morgan fingerprint density at radius 2 is 1.79 bits per heavy atom. The Kier molecular flexibility index (Phi) is 7.22. The SMILES string of the molecule is CCOC(=O)C1=C(C)NC(CS)=C(C(=O)OCC)C1c1cccc([N+](=O)[O-])c1. The van der Waals surface area contributed by atoms with E-state index in [1.807, 2.05) is 0 Å². The molecule has 0 amide bonds. The van der Waals surface area contributed by atoms with Crippen molar-refractivity contribution in [2.75, 3.05) is 19.0 Å². The number of nitrogens with zero attached hydrogens (tertiary/aromatic N) is 1. The van der Waals surface area contributed by atoms with Crippen LogP contribution in [0.1, 0.15) is 32.3 Å². The van der Waals surface area contributed by atoms with Crippen LogP contribution in [0.2, 0.25) is 0 Å². The molecule has 0 fully saturated rings. The normalized spacial score (nSPS) is 16.5. The van der Waals surface area contributed by atoms with E-state index < -0.39 is 22.8 Å². The Hall–Kier alpha value is -2.81. The quantitative estimate of drug-likeness (QED) is 0.310. The maximum absolute atomic E-state index is 12.7. The lowest BCUT2D eigenvalue weighted by molar-refractivity contribution is -0.384. The van der Waals surface area contributed by atoms with Gasteiger partial charge < -0.3 is 14.8 Å². The third-order valence-electron chi connectivity index (χ3n) is 4.21. The zero-order valence-corrected chi connectivity index (χ0v) is 16.7. The van der Waals surface area contributed by atoms with Crippen molar-refractivity contribution in [1.29, 1.82) is 0 Å². The van der Waals surface area contributed by atoms with Crippen LogP contribution in [0.15, 0.2) is 46.8 Å². The maximum Gasteiger partial charge on any atom is 0.336 e. The largest absolute Gasteiger partial charge is 0.463 e. The summed E-state index contributed by atoms with van der Waals surface area (Å²) in [7, 11) is 0. The summed E-state index contributed by atoms with van der Waals surface area (Å²) < 4.78 is 10.4. The van der Waals surface area contributed by atoms with E-state index in [-0.39, 0.29) is 35.8 Å². The smallest absolute Gasteiger partial charge is 0.336 e. The molecule has 1 unspecified atom stereocenters. The highest BCUT2D eigenvalue weighted by molar-refractivity contribution is 7.80. The number of nitro groups is 1. The molecule has 0 saturated carbocycles. The Morgan fingerprint density at radius 1 is 1.18 bits per heavy atom. The van der Waals surface area contributed by atoms with Gasteiger partial charge in [-0.25, -0.2) is 9.59 Å². The number of hydrogen-bond donors (Lipinski definition) is 2. The summed E-state index contributed by atoms with van der Waals surface area (Å²) in [6.45, 7) is 5.32. The number of rotatable bonds is 7. The number of thiol groups is 1. The highest BCUT2D eigenvalue weighted by Crippen LogP contribution is 2.40. The van der Waals surface area contributed by atoms with E-state index in [2.05, 4.69) is 17.9 Å². The van der Waals surface area contributed by atoms with Crippen LogP contribution in [0.3, 0.4) is 0 Å². The summed E-state index contributed by atoms with van der Waals surface area (Å²) in [4.78, 5) is 36.1. The number of esters is 2. The third-order valence-corrected chi connectivity index (χ3v) is 4.52. The van der Waals surface area contributed by atoms with Gasteiger partial charge in [0, 0.05) is 29.3 Å². The molecule has 0 aromatic heterocycles. The fraction of sp³-hybridized carbons (Fsp3) is 0.368. The van der Waals surface area contributed by atoms with E-state index in [0.29, 0.717) is 17.0 Å². The van der Waals surface area contributed by atoms with Gasteiger partial charge in [0.1, 0.15) is 0 Å². The predicted octanol–water partition coefficient (Wildman–Crippen LogP) is 2.87. The number of dihydropyridines is 1. The van der Waals surface area contributed by atoms with Gasteiger partial charge in [0.2, 0.25) is 0 Å². The fourth-order valence-electron chi connectivity index (χ4n) is 3.10. The zero-order valence-electron chi connectivity index (χ0n) is 15.9. The molecule has 1 atom stereocenters. The Labute approximate surface area is 168 Å². The van der Waals surface area contributed by atoms with E-state index in [1.54, 1.807) is 26.8 Å². The first-order valence-electron chi connectivity index (χ1n) is 8.75. The van der Waals surface area contributed by atoms with Crippen LogP contribution in [0.25, 0.3) is 0 Å². The van der Waals surface area contributed by atoms with Crippen molar-refractivity contribution in [3.63, 3.8) is 0 Å². The van der Waals surface area contributed by atoms with Crippen molar-refractivity contribution >= 4 is 30.3 Å². The number of ether oxygens (including phenoxy) is 2. The molecule has 0 spiro atoms. The van der Waals surface area contributed by atoms with Crippen molar-refractivity contribution < 1.29 is 24.0 Å². The molecule has 0 radical (unpaired) electrons. The monoisotopic (exact) mass is 406 g/mol. The molecule has 1 aromatic rings. The number of nitrogens with one attached hydrogen (secondary N) is 1. The summed E-state index contributed by atoms with van der Waals surface area (Å²) in [6, 6.07) is 5.83. The molecule has 1 N–H and O–H groups in total. The van der Waals surface area contributed by atoms with Gasteiger partial charge in [0.05, 0.1) is 35.2 Å². The van der Waals surface area contributed by atoms with Crippen molar-refractivity contribution in [2.24, 2.45) is 0 Å². The molecule has 0 bridgehead atoms. The second kappa shape index (κ2) is 9.41. The van der Waals surface area contributed by atoms with Crippen molar-refractivity contribution in [2.45, 2.75) is 26.7 Å². The van der Waals surface area contributed by atoms with E-state index in [9.17, 15) is 19.7 Å². The summed E-state index contributed by atoms with van der Waals surface area (Å²) in [5, 5.41) is 14.3. The van der Waals surface area contributed by atoms with Gasteiger partial charge in [-0.2, -0.15) is 12.6 Å². The fourth-order valence-corrected chi connectivity index (χ4v) is 3.35. The third kappa shape index (κ3) is 4.36. The molecule has 2 rings (SSSR count). The molecule has 0 saturated heterocycles. The molecule has 9 heteroatoms. The first-order chi connectivity index (χ1) is 13.3. The van der Waals surface area contributed by atoms with Gasteiger partial charge in [-0.05, 0) is 26.3 Å². The number of hydrogen-bond acceptors (Lipinski definition) is 8. The summed E-state index contributed by atoms with van der Waals surface area (Å²) in [6.07, 6.45) is 0. The summed E-state index contributed by atoms with van der Waals surface area (Å²) in [5.74, 6) is -1.91. The molecule has 1 aliphatic rings. The standard InChI is InChI=1S/C19H22N2O6S/c1-4-26-18(22)15-11(3)20-14(10-28)17(19(23)27-5-2)16(15)12-7-6-8-13(9-12)21(24)25/h6-9,16,20,28H,4-5,10H2,1-3H3. The molecule has 150 valence electrons. The van der Waals surface area contributed by atoms with Crippen molar-refractivity contribution in [1.82, 2.24) is 5.32 Å². The second-order valence-electron chi connectivity index (χ2n) is 5.94. The van der Waals surface area contributed by atoms with Crippen LogP contribution in [-0.4, -0.2) is 35.8 Å². The van der Waals surface area contributed by atoms with Crippen LogP contribution in [0.5, 0.6) is 0 Å². The Bertz CT molecular complexity index is 862. The van der Waals surface area contributed by atoms with E-state index >= 15 is 0 Å². The van der Waals surface area contributed by atoms with Gasteiger partial charge >= 0.3 is 11.9 Å². The molecule has 1 heterocycles. The predicted molar refractivity (Wildman–Crippen MR) is 106 cm³/mol. The van der Waals surface area contributed by atoms with Crippen molar-refractivity contribution in [3.05, 3.63) is 62.5 Å². The lowest BCUT2D eigenvalue weighted by Crippen LogP contribution is -2.34. The molecule has 28 heavy (non-hydrogen) atoms. The van der Waals surface area contributed by atoms with Crippen LogP contribution in [-0.2, 0) is 19.1 Å². The molecular weight excluding hydrogens is 384 g/mol. The van der Waals surface area contributed by atoms with Crippen LogP contribution < -0.4 is 5.32 Å². The first-order valence-corrected chi connectivity index (χ1v) is 9.39. The number of carbonyl (C=O) groups excluding carboxylic acids is 2. The van der Waals surface area contributed by atoms with Gasteiger partial charge in [0.15, 0.2) is 0 Å². The van der Waals surface area contributed by atoms with E-state index in [4.69, 9.17) is 9.47 Å². The minimum absolute atomic E-state index is 0.140. The topological polar surface area (TPSA) is 108 Å². The van der Waals surface area contributed by atoms with Crippen LogP contribution in [0, 0.1) is 10.1 Å². The molecule has 8 nitrogen and oxygen atoms in total. The van der Waals surface area contributed by atoms with E-state index in [1.165, 1.54) is 18.2 Å². The Balaban J connectivity index is 2.73. The van der Waals surface area contributed by atoms with Crippen LogP contribution in [0.4, 0.5) is 5.69 Å². The van der Waals surface area contributed by atoms with Crippen LogP contribution >= 0.6 is 12.6 Å². The van der Waals surface area contributed by atoms with Gasteiger partial charge in [0.25, 0.3) is 5.69 Å². The summed E-state index contributed by atoms with van der Waals surface area (Å²) in [5.41, 5.74) is 1.63. The average molecular weight is 406 g/mol. The first kappa shape index (κ1) is 21.5.